The third-order valence-corrected chi connectivity index (χ3v) is 1.28. The molecule has 0 bridgehead atoms. The van der Waals surface area contributed by atoms with Gasteiger partial charge in [0.2, 0.25) is 0 Å². The Balaban J connectivity index is 2.32. The first-order valence-corrected chi connectivity index (χ1v) is 3.36. The smallest absolute Gasteiger partial charge is 0.157 e. The fourth-order valence-electron chi connectivity index (χ4n) is 0.827. The van der Waals surface area contributed by atoms with Gasteiger partial charge in [0, 0.05) is 0 Å². The summed E-state index contributed by atoms with van der Waals surface area (Å²) in [6.45, 7) is 0.163. The summed E-state index contributed by atoms with van der Waals surface area (Å²) >= 11 is 0. The first-order chi connectivity index (χ1) is 4.93. The minimum Gasteiger partial charge on any atom is -0.487 e. The highest BCUT2D eigenvalue weighted by Gasteiger charge is 1.95. The molecule has 0 atom stereocenters. The summed E-state index contributed by atoms with van der Waals surface area (Å²) in [5.41, 5.74) is 0. The topological polar surface area (TPSA) is 26.3 Å². The van der Waals surface area contributed by atoms with Gasteiger partial charge in [-0.3, -0.25) is 4.79 Å². The minimum absolute atomic E-state index is 0.163. The Hall–Kier alpha value is -1.05. The van der Waals surface area contributed by atoms with Crippen LogP contribution in [0.3, 0.4) is 0 Å². The summed E-state index contributed by atoms with van der Waals surface area (Å²) in [6, 6.07) is 0. The largest absolute Gasteiger partial charge is 0.487 e. The van der Waals surface area contributed by atoms with Gasteiger partial charge in [0.15, 0.2) is 6.29 Å². The van der Waals surface area contributed by atoms with E-state index in [2.05, 4.69) is 0 Å². The molecule has 0 unspecified atom stereocenters. The van der Waals surface area contributed by atoms with Crippen molar-refractivity contribution in [3.05, 3.63) is 24.0 Å². The lowest BCUT2D eigenvalue weighted by molar-refractivity contribution is -0.110. The van der Waals surface area contributed by atoms with Gasteiger partial charge in [0.25, 0.3) is 0 Å². The predicted octanol–water partition coefficient (Wildman–Crippen LogP) is 1.44. The Bertz CT molecular complexity index is 168. The molecule has 2 nitrogen and oxygen atoms in total. The highest BCUT2D eigenvalue weighted by Crippen LogP contribution is 2.09. The zero-order valence-corrected chi connectivity index (χ0v) is 5.75. The van der Waals surface area contributed by atoms with E-state index in [0.717, 1.165) is 24.9 Å². The fraction of sp³-hybridized carbons (Fsp3) is 0.375. The van der Waals surface area contributed by atoms with Crippen molar-refractivity contribution in [2.75, 3.05) is 6.61 Å². The Morgan fingerprint density at radius 3 is 3.10 bits per heavy atom. The molecule has 0 spiro atoms. The van der Waals surface area contributed by atoms with Crippen LogP contribution in [0.4, 0.5) is 0 Å². The molecule has 0 fully saturated rings. The van der Waals surface area contributed by atoms with E-state index in [1.807, 2.05) is 18.2 Å². The standard InChI is InChI=1S/C8H10O2/c9-6-7-10-8-4-2-1-3-5-8/h2,4-6H,1,3,7H2. The van der Waals surface area contributed by atoms with E-state index >= 15 is 0 Å². The Labute approximate surface area is 60.2 Å². The van der Waals surface area contributed by atoms with Gasteiger partial charge >= 0.3 is 0 Å². The van der Waals surface area contributed by atoms with Crippen molar-refractivity contribution in [1.29, 1.82) is 0 Å². The van der Waals surface area contributed by atoms with Crippen LogP contribution in [0.5, 0.6) is 0 Å². The van der Waals surface area contributed by atoms with Crippen molar-refractivity contribution in [3.63, 3.8) is 0 Å². The lowest BCUT2D eigenvalue weighted by atomic mass is 10.2. The summed E-state index contributed by atoms with van der Waals surface area (Å²) in [4.78, 5) is 9.87. The van der Waals surface area contributed by atoms with Gasteiger partial charge in [-0.1, -0.05) is 6.08 Å². The molecule has 54 valence electrons. The summed E-state index contributed by atoms with van der Waals surface area (Å²) in [6.07, 6.45) is 8.78. The maximum atomic E-state index is 9.87. The first kappa shape index (κ1) is 7.06. The van der Waals surface area contributed by atoms with E-state index in [1.165, 1.54) is 0 Å². The highest BCUT2D eigenvalue weighted by molar-refractivity contribution is 5.51. The van der Waals surface area contributed by atoms with Crippen molar-refractivity contribution in [3.8, 4) is 0 Å². The van der Waals surface area contributed by atoms with Gasteiger partial charge in [-0.15, -0.1) is 0 Å². The molecule has 0 saturated carbocycles. The SMILES string of the molecule is O=CCOC1=CCCC=C1. The number of carbonyl (C=O) groups excluding carboxylic acids is 1. The lowest BCUT2D eigenvalue weighted by Crippen LogP contribution is -1.95. The predicted molar refractivity (Wildman–Crippen MR) is 38.5 cm³/mol. The molecule has 10 heavy (non-hydrogen) atoms. The Morgan fingerprint density at radius 1 is 1.60 bits per heavy atom. The summed E-state index contributed by atoms with van der Waals surface area (Å²) in [5, 5.41) is 0. The third kappa shape index (κ3) is 2.05. The molecule has 0 saturated heterocycles. The number of ether oxygens (including phenoxy) is 1. The Morgan fingerprint density at radius 2 is 2.50 bits per heavy atom. The second-order valence-corrected chi connectivity index (χ2v) is 2.06. The maximum Gasteiger partial charge on any atom is 0.157 e. The number of hydrogen-bond acceptors (Lipinski definition) is 2. The molecule has 0 aromatic heterocycles. The van der Waals surface area contributed by atoms with Gasteiger partial charge < -0.3 is 4.74 Å². The van der Waals surface area contributed by atoms with Crippen molar-refractivity contribution >= 4 is 6.29 Å². The number of carbonyl (C=O) groups is 1. The molecule has 0 radical (unpaired) electrons. The van der Waals surface area contributed by atoms with Gasteiger partial charge in [-0.05, 0) is 25.0 Å². The second-order valence-electron chi connectivity index (χ2n) is 2.06. The molecule has 1 aliphatic rings. The summed E-state index contributed by atoms with van der Waals surface area (Å²) < 4.78 is 5.04. The van der Waals surface area contributed by atoms with Crippen LogP contribution in [0.2, 0.25) is 0 Å². The highest BCUT2D eigenvalue weighted by atomic mass is 16.5. The van der Waals surface area contributed by atoms with E-state index in [9.17, 15) is 4.79 Å². The van der Waals surface area contributed by atoms with Crippen LogP contribution in [-0.4, -0.2) is 12.9 Å². The van der Waals surface area contributed by atoms with Crippen molar-refractivity contribution in [1.82, 2.24) is 0 Å². The summed E-state index contributed by atoms with van der Waals surface area (Å²) in [7, 11) is 0. The van der Waals surface area contributed by atoms with Crippen molar-refractivity contribution < 1.29 is 9.53 Å². The average molecular weight is 138 g/mol. The van der Waals surface area contributed by atoms with Gasteiger partial charge in [0.1, 0.15) is 12.4 Å². The minimum atomic E-state index is 0.163. The maximum absolute atomic E-state index is 9.87. The lowest BCUT2D eigenvalue weighted by Gasteiger charge is -2.05. The zero-order valence-electron chi connectivity index (χ0n) is 5.75. The van der Waals surface area contributed by atoms with E-state index in [0.29, 0.717) is 0 Å². The van der Waals surface area contributed by atoms with Gasteiger partial charge in [0.05, 0.1) is 0 Å². The monoisotopic (exact) mass is 138 g/mol. The fourth-order valence-corrected chi connectivity index (χ4v) is 0.827. The molecule has 1 aliphatic carbocycles. The number of rotatable bonds is 3. The van der Waals surface area contributed by atoms with Crippen molar-refractivity contribution in [2.45, 2.75) is 12.8 Å². The second kappa shape index (κ2) is 3.88. The normalized spacial score (nSPS) is 16.2. The van der Waals surface area contributed by atoms with Crippen LogP contribution in [0.1, 0.15) is 12.8 Å². The van der Waals surface area contributed by atoms with Crippen LogP contribution in [0.25, 0.3) is 0 Å². The van der Waals surface area contributed by atoms with Crippen LogP contribution in [-0.2, 0) is 9.53 Å². The van der Waals surface area contributed by atoms with Crippen molar-refractivity contribution in [2.24, 2.45) is 0 Å². The van der Waals surface area contributed by atoms with Gasteiger partial charge in [-0.25, -0.2) is 0 Å². The number of allylic oxidation sites excluding steroid dienone is 3. The molecule has 2 heteroatoms. The van der Waals surface area contributed by atoms with E-state index < -0.39 is 0 Å². The van der Waals surface area contributed by atoms with Gasteiger partial charge in [-0.2, -0.15) is 0 Å². The van der Waals surface area contributed by atoms with Crippen LogP contribution < -0.4 is 0 Å². The number of hydrogen-bond donors (Lipinski definition) is 0. The molecule has 1 rings (SSSR count). The Kier molecular flexibility index (Phi) is 2.74. The quantitative estimate of drug-likeness (QED) is 0.551. The molecule has 0 aromatic carbocycles. The van der Waals surface area contributed by atoms with E-state index in [4.69, 9.17) is 4.74 Å². The van der Waals surface area contributed by atoms with E-state index in [-0.39, 0.29) is 6.61 Å². The first-order valence-electron chi connectivity index (χ1n) is 3.36. The summed E-state index contributed by atoms with van der Waals surface area (Å²) in [5.74, 6) is 0.818. The molecule has 0 aliphatic heterocycles. The van der Waals surface area contributed by atoms with Crippen LogP contribution >= 0.6 is 0 Å². The molecule has 0 heterocycles. The molecule has 0 aromatic rings. The third-order valence-electron chi connectivity index (χ3n) is 1.28. The molecular weight excluding hydrogens is 128 g/mol. The van der Waals surface area contributed by atoms with Crippen LogP contribution in [0.15, 0.2) is 24.0 Å². The van der Waals surface area contributed by atoms with E-state index in [1.54, 1.807) is 0 Å². The molecule has 0 N–H and O–H groups in total. The molecule has 0 amide bonds. The molecular formula is C8H10O2. The van der Waals surface area contributed by atoms with Crippen LogP contribution in [0, 0.1) is 0 Å². The average Bonchev–Trinajstić information content (AvgIpc) is 2.03. The number of aldehydes is 1. The zero-order chi connectivity index (χ0) is 7.23.